The van der Waals surface area contributed by atoms with Crippen molar-refractivity contribution >= 4 is 17.8 Å². The van der Waals surface area contributed by atoms with Crippen LogP contribution in [0.5, 0.6) is 0 Å². The van der Waals surface area contributed by atoms with E-state index < -0.39 is 0 Å². The lowest BCUT2D eigenvalue weighted by molar-refractivity contribution is 0.188. The monoisotopic (exact) mass is 282 g/mol. The molecule has 1 aromatic carbocycles. The third-order valence-corrected chi connectivity index (χ3v) is 3.71. The van der Waals surface area contributed by atoms with Gasteiger partial charge in [-0.1, -0.05) is 19.1 Å². The summed E-state index contributed by atoms with van der Waals surface area (Å²) in [4.78, 5) is 14.5. The first-order valence-corrected chi connectivity index (χ1v) is 7.42. The summed E-state index contributed by atoms with van der Waals surface area (Å²) in [6.45, 7) is 4.39. The fraction of sp³-hybridized carbons (Fsp3) is 0.500. The van der Waals surface area contributed by atoms with Gasteiger partial charge in [-0.25, -0.2) is 4.79 Å². The van der Waals surface area contributed by atoms with Gasteiger partial charge in [0, 0.05) is 18.5 Å². The summed E-state index contributed by atoms with van der Waals surface area (Å²) in [6.07, 6.45) is 0. The summed E-state index contributed by atoms with van der Waals surface area (Å²) < 4.78 is 0. The van der Waals surface area contributed by atoms with Gasteiger partial charge in [-0.15, -0.1) is 11.8 Å². The van der Waals surface area contributed by atoms with Crippen LogP contribution >= 0.6 is 11.8 Å². The number of urea groups is 1. The van der Waals surface area contributed by atoms with Crippen molar-refractivity contribution in [1.29, 1.82) is 0 Å². The number of hydrogen-bond donors (Lipinski definition) is 2. The predicted octanol–water partition coefficient (Wildman–Crippen LogP) is 2.49. The number of likely N-dealkylation sites (N-methyl/N-ethyl adjacent to an activating group) is 1. The maximum Gasteiger partial charge on any atom is 0.317 e. The molecule has 0 aromatic heterocycles. The standard InChI is InChI=1S/C14H22N2O2S/c1-4-19-13-7-5-12(6-8-13)11(2)15-14(18)16(3)9-10-17/h5-8,11,17H,4,9-10H2,1-3H3,(H,15,18). The summed E-state index contributed by atoms with van der Waals surface area (Å²) in [6, 6.07) is 8.00. The zero-order chi connectivity index (χ0) is 14.3. The van der Waals surface area contributed by atoms with Crippen LogP contribution in [0, 0.1) is 0 Å². The first-order valence-electron chi connectivity index (χ1n) is 6.43. The van der Waals surface area contributed by atoms with Crippen molar-refractivity contribution in [3.8, 4) is 0 Å². The molecule has 1 rings (SSSR count). The second-order valence-electron chi connectivity index (χ2n) is 4.32. The molecule has 2 amide bonds. The van der Waals surface area contributed by atoms with E-state index in [0.717, 1.165) is 11.3 Å². The van der Waals surface area contributed by atoms with Crippen LogP contribution in [0.25, 0.3) is 0 Å². The second-order valence-corrected chi connectivity index (χ2v) is 5.66. The quantitative estimate of drug-likeness (QED) is 0.788. The lowest BCUT2D eigenvalue weighted by Gasteiger charge is -2.21. The Morgan fingerprint density at radius 2 is 2.05 bits per heavy atom. The molecule has 1 atom stereocenters. The van der Waals surface area contributed by atoms with E-state index in [9.17, 15) is 4.79 Å². The minimum atomic E-state index is -0.173. The van der Waals surface area contributed by atoms with Crippen LogP contribution < -0.4 is 5.32 Å². The van der Waals surface area contributed by atoms with E-state index in [1.165, 1.54) is 9.80 Å². The third kappa shape index (κ3) is 5.12. The van der Waals surface area contributed by atoms with Crippen molar-refractivity contribution in [2.45, 2.75) is 24.8 Å². The average molecular weight is 282 g/mol. The fourth-order valence-corrected chi connectivity index (χ4v) is 2.31. The Balaban J connectivity index is 2.57. The summed E-state index contributed by atoms with van der Waals surface area (Å²) in [5.41, 5.74) is 1.08. The molecule has 0 heterocycles. The largest absolute Gasteiger partial charge is 0.395 e. The predicted molar refractivity (Wildman–Crippen MR) is 79.5 cm³/mol. The lowest BCUT2D eigenvalue weighted by Crippen LogP contribution is -2.39. The Kier molecular flexibility index (Phi) is 6.73. The molecule has 0 aliphatic carbocycles. The maximum atomic E-state index is 11.8. The number of carbonyl (C=O) groups is 1. The topological polar surface area (TPSA) is 52.6 Å². The number of aliphatic hydroxyl groups is 1. The third-order valence-electron chi connectivity index (χ3n) is 2.81. The van der Waals surface area contributed by atoms with Gasteiger partial charge in [-0.3, -0.25) is 0 Å². The van der Waals surface area contributed by atoms with Gasteiger partial charge in [-0.2, -0.15) is 0 Å². The first-order chi connectivity index (χ1) is 9.08. The number of thioether (sulfide) groups is 1. The van der Waals surface area contributed by atoms with Crippen molar-refractivity contribution in [2.75, 3.05) is 26.0 Å². The number of rotatable bonds is 6. The zero-order valence-corrected chi connectivity index (χ0v) is 12.5. The van der Waals surface area contributed by atoms with Crippen LogP contribution in [-0.2, 0) is 0 Å². The number of amides is 2. The molecule has 0 aliphatic heterocycles. The summed E-state index contributed by atoms with van der Waals surface area (Å²) in [7, 11) is 1.67. The summed E-state index contributed by atoms with van der Waals surface area (Å²) in [5, 5.41) is 11.7. The van der Waals surface area contributed by atoms with Gasteiger partial charge in [0.2, 0.25) is 0 Å². The van der Waals surface area contributed by atoms with Gasteiger partial charge in [0.15, 0.2) is 0 Å². The molecule has 106 valence electrons. The highest BCUT2D eigenvalue weighted by Crippen LogP contribution is 2.20. The molecule has 0 radical (unpaired) electrons. The van der Waals surface area contributed by atoms with Crippen LogP contribution in [0.1, 0.15) is 25.5 Å². The zero-order valence-electron chi connectivity index (χ0n) is 11.7. The van der Waals surface area contributed by atoms with E-state index in [1.54, 1.807) is 18.8 Å². The number of carbonyl (C=O) groups excluding carboxylic acids is 1. The van der Waals surface area contributed by atoms with Crippen LogP contribution in [0.2, 0.25) is 0 Å². The number of aliphatic hydroxyl groups excluding tert-OH is 1. The molecule has 2 N–H and O–H groups in total. The molecule has 0 saturated heterocycles. The fourth-order valence-electron chi connectivity index (χ4n) is 1.65. The van der Waals surface area contributed by atoms with Crippen molar-refractivity contribution in [1.82, 2.24) is 10.2 Å². The van der Waals surface area contributed by atoms with E-state index in [4.69, 9.17) is 5.11 Å². The highest BCUT2D eigenvalue weighted by atomic mass is 32.2. The Bertz CT molecular complexity index is 395. The normalized spacial score (nSPS) is 12.0. The first kappa shape index (κ1) is 15.9. The Hall–Kier alpha value is -1.20. The van der Waals surface area contributed by atoms with Gasteiger partial charge in [-0.05, 0) is 30.4 Å². The minimum Gasteiger partial charge on any atom is -0.395 e. The molecule has 0 fully saturated rings. The second kappa shape index (κ2) is 8.07. The van der Waals surface area contributed by atoms with Crippen LogP contribution in [0.4, 0.5) is 4.79 Å². The molecular formula is C14H22N2O2S. The van der Waals surface area contributed by atoms with Gasteiger partial charge < -0.3 is 15.3 Å². The van der Waals surface area contributed by atoms with Crippen molar-refractivity contribution in [3.63, 3.8) is 0 Å². The minimum absolute atomic E-state index is 0.0265. The van der Waals surface area contributed by atoms with Gasteiger partial charge in [0.05, 0.1) is 12.6 Å². The molecular weight excluding hydrogens is 260 g/mol. The van der Waals surface area contributed by atoms with Crippen molar-refractivity contribution in [2.24, 2.45) is 0 Å². The highest BCUT2D eigenvalue weighted by molar-refractivity contribution is 7.99. The molecule has 0 spiro atoms. The van der Waals surface area contributed by atoms with E-state index >= 15 is 0 Å². The number of nitrogens with one attached hydrogen (secondary N) is 1. The number of hydrogen-bond acceptors (Lipinski definition) is 3. The van der Waals surface area contributed by atoms with Crippen molar-refractivity contribution in [3.05, 3.63) is 29.8 Å². The molecule has 1 aromatic rings. The van der Waals surface area contributed by atoms with Crippen LogP contribution in [-0.4, -0.2) is 42.0 Å². The average Bonchev–Trinajstić information content (AvgIpc) is 2.40. The molecule has 0 aliphatic rings. The van der Waals surface area contributed by atoms with Gasteiger partial charge in [0.1, 0.15) is 0 Å². The molecule has 0 saturated carbocycles. The van der Waals surface area contributed by atoms with Gasteiger partial charge >= 0.3 is 6.03 Å². The smallest absolute Gasteiger partial charge is 0.317 e. The number of benzene rings is 1. The molecule has 0 bridgehead atoms. The summed E-state index contributed by atoms with van der Waals surface area (Å²) in [5.74, 6) is 1.05. The van der Waals surface area contributed by atoms with Gasteiger partial charge in [0.25, 0.3) is 0 Å². The lowest BCUT2D eigenvalue weighted by atomic mass is 10.1. The van der Waals surface area contributed by atoms with E-state index in [1.807, 2.05) is 19.1 Å². The highest BCUT2D eigenvalue weighted by Gasteiger charge is 2.12. The van der Waals surface area contributed by atoms with E-state index in [2.05, 4.69) is 24.4 Å². The van der Waals surface area contributed by atoms with Crippen molar-refractivity contribution < 1.29 is 9.90 Å². The Morgan fingerprint density at radius 3 is 2.58 bits per heavy atom. The SMILES string of the molecule is CCSc1ccc(C(C)NC(=O)N(C)CCO)cc1. The summed E-state index contributed by atoms with van der Waals surface area (Å²) >= 11 is 1.80. The Labute approximate surface area is 119 Å². The number of nitrogens with zero attached hydrogens (tertiary/aromatic N) is 1. The van der Waals surface area contributed by atoms with E-state index in [-0.39, 0.29) is 18.7 Å². The van der Waals surface area contributed by atoms with E-state index in [0.29, 0.717) is 6.54 Å². The van der Waals surface area contributed by atoms with Crippen LogP contribution in [0.3, 0.4) is 0 Å². The van der Waals surface area contributed by atoms with Crippen LogP contribution in [0.15, 0.2) is 29.2 Å². The Morgan fingerprint density at radius 1 is 1.42 bits per heavy atom. The maximum absolute atomic E-state index is 11.8. The molecule has 19 heavy (non-hydrogen) atoms. The molecule has 4 nitrogen and oxygen atoms in total. The molecule has 5 heteroatoms. The molecule has 1 unspecified atom stereocenters.